The summed E-state index contributed by atoms with van der Waals surface area (Å²) in [5.74, 6) is -0.957. The van der Waals surface area contributed by atoms with Crippen molar-refractivity contribution in [3.8, 4) is 0 Å². The zero-order valence-electron chi connectivity index (χ0n) is 16.2. The molecule has 150 valence electrons. The molecule has 0 bridgehead atoms. The second-order valence-electron chi connectivity index (χ2n) is 7.39. The summed E-state index contributed by atoms with van der Waals surface area (Å²) >= 11 is 0. The molecule has 1 saturated carbocycles. The van der Waals surface area contributed by atoms with Gasteiger partial charge >= 0.3 is 5.97 Å². The molecule has 0 unspecified atom stereocenters. The van der Waals surface area contributed by atoms with E-state index in [1.807, 2.05) is 6.92 Å². The Kier molecular flexibility index (Phi) is 7.41. The van der Waals surface area contributed by atoms with E-state index >= 15 is 0 Å². The van der Waals surface area contributed by atoms with E-state index in [2.05, 4.69) is 12.2 Å². The van der Waals surface area contributed by atoms with Gasteiger partial charge in [0.1, 0.15) is 0 Å². The maximum Gasteiger partial charge on any atom is 0.307 e. The minimum atomic E-state index is -3.56. The second-order valence-corrected chi connectivity index (χ2v) is 9.50. The van der Waals surface area contributed by atoms with Crippen molar-refractivity contribution in [1.29, 1.82) is 0 Å². The number of amides is 1. The SMILES string of the molecule is Cc1ccc(S(=O)(=O)CCC(=O)O[C@H](C)C(=O)N[C@H]2CCCC[C@@H]2C)cc1. The molecule has 0 heterocycles. The van der Waals surface area contributed by atoms with Gasteiger partial charge in [-0.05, 0) is 44.7 Å². The molecule has 1 aliphatic carbocycles. The summed E-state index contributed by atoms with van der Waals surface area (Å²) < 4.78 is 29.7. The van der Waals surface area contributed by atoms with Crippen molar-refractivity contribution in [2.75, 3.05) is 5.75 Å². The Hall–Kier alpha value is -1.89. The fourth-order valence-electron chi connectivity index (χ4n) is 3.22. The van der Waals surface area contributed by atoms with Gasteiger partial charge in [0.2, 0.25) is 0 Å². The minimum absolute atomic E-state index is 0.106. The number of carbonyl (C=O) groups is 2. The lowest BCUT2D eigenvalue weighted by molar-refractivity contribution is -0.154. The number of benzene rings is 1. The van der Waals surface area contributed by atoms with Crippen LogP contribution >= 0.6 is 0 Å². The van der Waals surface area contributed by atoms with Gasteiger partial charge in [0.15, 0.2) is 15.9 Å². The molecule has 1 fully saturated rings. The fraction of sp³-hybridized carbons (Fsp3) is 0.600. The number of rotatable bonds is 7. The van der Waals surface area contributed by atoms with Crippen LogP contribution in [0.1, 0.15) is 51.5 Å². The summed E-state index contributed by atoms with van der Waals surface area (Å²) in [6.45, 7) is 5.49. The Morgan fingerprint density at radius 1 is 1.19 bits per heavy atom. The highest BCUT2D eigenvalue weighted by molar-refractivity contribution is 7.91. The van der Waals surface area contributed by atoms with E-state index in [0.29, 0.717) is 5.92 Å². The van der Waals surface area contributed by atoms with Crippen LogP contribution in [0, 0.1) is 12.8 Å². The van der Waals surface area contributed by atoms with Crippen molar-refractivity contribution < 1.29 is 22.7 Å². The summed E-state index contributed by atoms with van der Waals surface area (Å²) in [4.78, 5) is 24.4. The van der Waals surface area contributed by atoms with Crippen LogP contribution in [0.3, 0.4) is 0 Å². The number of esters is 1. The molecule has 0 spiro atoms. The molecule has 1 aliphatic rings. The number of carbonyl (C=O) groups excluding carboxylic acids is 2. The number of hydrogen-bond acceptors (Lipinski definition) is 5. The number of sulfone groups is 1. The zero-order valence-corrected chi connectivity index (χ0v) is 17.1. The Labute approximate surface area is 161 Å². The number of ether oxygens (including phenoxy) is 1. The number of aryl methyl sites for hydroxylation is 1. The second kappa shape index (κ2) is 9.35. The highest BCUT2D eigenvalue weighted by Gasteiger charge is 2.26. The highest BCUT2D eigenvalue weighted by Crippen LogP contribution is 2.23. The van der Waals surface area contributed by atoms with Crippen molar-refractivity contribution in [3.05, 3.63) is 29.8 Å². The van der Waals surface area contributed by atoms with Crippen molar-refractivity contribution in [2.45, 2.75) is 69.9 Å². The molecule has 0 aliphatic heterocycles. The predicted octanol–water partition coefficient (Wildman–Crippen LogP) is 2.79. The van der Waals surface area contributed by atoms with Crippen LogP contribution in [0.2, 0.25) is 0 Å². The van der Waals surface area contributed by atoms with Gasteiger partial charge in [0, 0.05) is 6.04 Å². The molecular formula is C20H29NO5S. The highest BCUT2D eigenvalue weighted by atomic mass is 32.2. The van der Waals surface area contributed by atoms with Gasteiger partial charge in [-0.2, -0.15) is 0 Å². The standard InChI is InChI=1S/C20H29NO5S/c1-14-8-10-17(11-9-14)27(24,25)13-12-19(22)26-16(3)20(23)21-18-7-5-4-6-15(18)2/h8-11,15-16,18H,4-7,12-13H2,1-3H3,(H,21,23)/t15-,16+,18-/m0/s1. The zero-order chi connectivity index (χ0) is 20.0. The van der Waals surface area contributed by atoms with Gasteiger partial charge in [0.25, 0.3) is 5.91 Å². The van der Waals surface area contributed by atoms with E-state index in [4.69, 9.17) is 4.74 Å². The van der Waals surface area contributed by atoms with Gasteiger partial charge in [-0.3, -0.25) is 9.59 Å². The largest absolute Gasteiger partial charge is 0.453 e. The Bertz CT molecular complexity index is 757. The number of hydrogen-bond donors (Lipinski definition) is 1. The molecule has 1 aromatic rings. The van der Waals surface area contributed by atoms with Gasteiger partial charge in [-0.25, -0.2) is 8.42 Å². The molecule has 27 heavy (non-hydrogen) atoms. The average Bonchev–Trinajstić information content (AvgIpc) is 2.62. The molecule has 0 radical (unpaired) electrons. The van der Waals surface area contributed by atoms with E-state index in [1.54, 1.807) is 12.1 Å². The molecule has 1 N–H and O–H groups in total. The molecular weight excluding hydrogens is 366 g/mol. The first-order chi connectivity index (χ1) is 12.7. The van der Waals surface area contributed by atoms with Gasteiger partial charge in [0.05, 0.1) is 17.1 Å². The maximum atomic E-state index is 12.3. The van der Waals surface area contributed by atoms with Crippen LogP contribution in [0.5, 0.6) is 0 Å². The van der Waals surface area contributed by atoms with Crippen molar-refractivity contribution in [1.82, 2.24) is 5.32 Å². The Morgan fingerprint density at radius 2 is 1.81 bits per heavy atom. The third-order valence-corrected chi connectivity index (χ3v) is 6.80. The number of nitrogens with one attached hydrogen (secondary N) is 1. The van der Waals surface area contributed by atoms with Crippen LogP contribution < -0.4 is 5.32 Å². The van der Waals surface area contributed by atoms with Crippen LogP contribution in [-0.4, -0.2) is 38.2 Å². The van der Waals surface area contributed by atoms with Gasteiger partial charge in [-0.1, -0.05) is 37.5 Å². The van der Waals surface area contributed by atoms with E-state index < -0.39 is 21.9 Å². The predicted molar refractivity (Wildman–Crippen MR) is 103 cm³/mol. The normalized spacial score (nSPS) is 21.3. The molecule has 2 rings (SSSR count). The summed E-state index contributed by atoms with van der Waals surface area (Å²) in [7, 11) is -3.56. The molecule has 3 atom stereocenters. The summed E-state index contributed by atoms with van der Waals surface area (Å²) in [5.41, 5.74) is 0.959. The van der Waals surface area contributed by atoms with E-state index in [1.165, 1.54) is 25.5 Å². The first-order valence-electron chi connectivity index (χ1n) is 9.48. The molecule has 0 saturated heterocycles. The lowest BCUT2D eigenvalue weighted by atomic mass is 9.86. The summed E-state index contributed by atoms with van der Waals surface area (Å²) in [5, 5.41) is 2.94. The third kappa shape index (κ3) is 6.34. The summed E-state index contributed by atoms with van der Waals surface area (Å²) in [6.07, 6.45) is 3.05. The Morgan fingerprint density at radius 3 is 2.44 bits per heavy atom. The van der Waals surface area contributed by atoms with Crippen LogP contribution in [0.4, 0.5) is 0 Å². The maximum absolute atomic E-state index is 12.3. The monoisotopic (exact) mass is 395 g/mol. The lowest BCUT2D eigenvalue weighted by Crippen LogP contribution is -2.46. The third-order valence-electron chi connectivity index (χ3n) is 5.07. The molecule has 1 amide bonds. The van der Waals surface area contributed by atoms with Gasteiger partial charge in [-0.15, -0.1) is 0 Å². The molecule has 6 nitrogen and oxygen atoms in total. The van der Waals surface area contributed by atoms with Gasteiger partial charge < -0.3 is 10.1 Å². The van der Waals surface area contributed by atoms with E-state index in [9.17, 15) is 18.0 Å². The smallest absolute Gasteiger partial charge is 0.307 e. The fourth-order valence-corrected chi connectivity index (χ4v) is 4.44. The van der Waals surface area contributed by atoms with Crippen molar-refractivity contribution in [2.24, 2.45) is 5.92 Å². The van der Waals surface area contributed by atoms with Crippen LogP contribution in [0.15, 0.2) is 29.2 Å². The van der Waals surface area contributed by atoms with E-state index in [0.717, 1.165) is 24.8 Å². The molecule has 1 aromatic carbocycles. The van der Waals surface area contributed by atoms with E-state index in [-0.39, 0.29) is 29.0 Å². The summed E-state index contributed by atoms with van der Waals surface area (Å²) in [6, 6.07) is 6.58. The topological polar surface area (TPSA) is 89.5 Å². The van der Waals surface area contributed by atoms with Crippen LogP contribution in [0.25, 0.3) is 0 Å². The first-order valence-corrected chi connectivity index (χ1v) is 11.1. The van der Waals surface area contributed by atoms with Crippen LogP contribution in [-0.2, 0) is 24.2 Å². The average molecular weight is 396 g/mol. The lowest BCUT2D eigenvalue weighted by Gasteiger charge is -2.30. The van der Waals surface area contributed by atoms with Crippen molar-refractivity contribution >= 4 is 21.7 Å². The quantitative estimate of drug-likeness (QED) is 0.717. The minimum Gasteiger partial charge on any atom is -0.453 e. The first kappa shape index (κ1) is 21.4. The van der Waals surface area contributed by atoms with Crippen molar-refractivity contribution in [3.63, 3.8) is 0 Å². The Balaban J connectivity index is 1.81. The molecule has 0 aromatic heterocycles. The molecule has 7 heteroatoms.